The van der Waals surface area contributed by atoms with E-state index in [9.17, 15) is 10.1 Å². The number of hydrogen-bond donors (Lipinski definition) is 1. The Balaban J connectivity index is 2.43. The average molecular weight is 262 g/mol. The third-order valence-corrected chi connectivity index (χ3v) is 2.86. The molecule has 0 aliphatic carbocycles. The first-order valence-electron chi connectivity index (χ1n) is 5.87. The summed E-state index contributed by atoms with van der Waals surface area (Å²) in [7, 11) is 0. The van der Waals surface area contributed by atoms with Gasteiger partial charge in [0.2, 0.25) is 11.8 Å². The Morgan fingerprint density at radius 2 is 2.21 bits per heavy atom. The van der Waals surface area contributed by atoms with Crippen molar-refractivity contribution >= 4 is 5.69 Å². The van der Waals surface area contributed by atoms with Gasteiger partial charge in [0, 0.05) is 17.7 Å². The largest absolute Gasteiger partial charge is 0.419 e. The number of nitro benzene ring substituents is 1. The summed E-state index contributed by atoms with van der Waals surface area (Å²) in [5, 5.41) is 18.5. The molecule has 0 saturated heterocycles. The number of benzene rings is 1. The Labute approximate surface area is 109 Å². The van der Waals surface area contributed by atoms with Gasteiger partial charge >= 0.3 is 0 Å². The maximum atomic E-state index is 10.8. The maximum absolute atomic E-state index is 10.8. The van der Waals surface area contributed by atoms with Crippen LogP contribution in [0.5, 0.6) is 0 Å². The highest BCUT2D eigenvalue weighted by Gasteiger charge is 2.17. The zero-order valence-corrected chi connectivity index (χ0v) is 10.7. The molecule has 1 atom stereocenters. The lowest BCUT2D eigenvalue weighted by molar-refractivity contribution is -0.384. The van der Waals surface area contributed by atoms with Crippen LogP contribution < -0.4 is 5.73 Å². The van der Waals surface area contributed by atoms with Crippen molar-refractivity contribution in [2.75, 3.05) is 0 Å². The minimum absolute atomic E-state index is 0.0138. The van der Waals surface area contributed by atoms with Crippen LogP contribution in [0.3, 0.4) is 0 Å². The molecule has 0 aliphatic rings. The number of nitrogens with two attached hydrogens (primary N) is 1. The SMILES string of the molecule is CCC(N)c1nnc(-c2cc([N+](=O)[O-])ccc2C)o1. The summed E-state index contributed by atoms with van der Waals surface area (Å²) >= 11 is 0. The van der Waals surface area contributed by atoms with E-state index in [2.05, 4.69) is 10.2 Å². The van der Waals surface area contributed by atoms with Gasteiger partial charge in [0.1, 0.15) is 0 Å². The third kappa shape index (κ3) is 2.60. The molecule has 7 nitrogen and oxygen atoms in total. The summed E-state index contributed by atoms with van der Waals surface area (Å²) < 4.78 is 5.47. The standard InChI is InChI=1S/C12H14N4O3/c1-3-10(13)12-15-14-11(19-12)9-6-8(16(17)18)5-4-7(9)2/h4-6,10H,3,13H2,1-2H3. The van der Waals surface area contributed by atoms with E-state index in [0.717, 1.165) is 5.56 Å². The molecular formula is C12H14N4O3. The molecule has 0 bridgehead atoms. The number of hydrogen-bond acceptors (Lipinski definition) is 6. The molecule has 2 rings (SSSR count). The minimum Gasteiger partial charge on any atom is -0.419 e. The molecular weight excluding hydrogens is 248 g/mol. The van der Waals surface area contributed by atoms with Crippen LogP contribution in [-0.4, -0.2) is 15.1 Å². The van der Waals surface area contributed by atoms with Crippen molar-refractivity contribution in [2.24, 2.45) is 5.73 Å². The molecule has 0 spiro atoms. The van der Waals surface area contributed by atoms with E-state index >= 15 is 0 Å². The van der Waals surface area contributed by atoms with E-state index in [4.69, 9.17) is 10.2 Å². The molecule has 2 N–H and O–H groups in total. The summed E-state index contributed by atoms with van der Waals surface area (Å²) in [6, 6.07) is 4.19. The second kappa shape index (κ2) is 5.15. The van der Waals surface area contributed by atoms with Gasteiger partial charge in [-0.25, -0.2) is 0 Å². The average Bonchev–Trinajstić information content (AvgIpc) is 2.87. The van der Waals surface area contributed by atoms with Gasteiger partial charge in [0.25, 0.3) is 5.69 Å². The van der Waals surface area contributed by atoms with Gasteiger partial charge in [-0.05, 0) is 18.9 Å². The third-order valence-electron chi connectivity index (χ3n) is 2.86. The number of non-ortho nitro benzene ring substituents is 1. The molecule has 7 heteroatoms. The van der Waals surface area contributed by atoms with Gasteiger partial charge in [-0.2, -0.15) is 0 Å². The molecule has 1 aromatic heterocycles. The normalized spacial score (nSPS) is 12.4. The molecule has 2 aromatic rings. The molecule has 1 aromatic carbocycles. The highest BCUT2D eigenvalue weighted by atomic mass is 16.6. The highest BCUT2D eigenvalue weighted by Crippen LogP contribution is 2.27. The molecule has 19 heavy (non-hydrogen) atoms. The first kappa shape index (κ1) is 13.2. The van der Waals surface area contributed by atoms with E-state index in [-0.39, 0.29) is 17.6 Å². The maximum Gasteiger partial charge on any atom is 0.270 e. The van der Waals surface area contributed by atoms with Crippen molar-refractivity contribution in [3.8, 4) is 11.5 Å². The second-order valence-electron chi connectivity index (χ2n) is 4.22. The first-order valence-corrected chi connectivity index (χ1v) is 5.87. The molecule has 1 heterocycles. The van der Waals surface area contributed by atoms with E-state index in [0.29, 0.717) is 17.9 Å². The predicted octanol–water partition coefficient (Wildman–Crippen LogP) is 2.36. The molecule has 0 radical (unpaired) electrons. The summed E-state index contributed by atoms with van der Waals surface area (Å²) in [5.41, 5.74) is 7.16. The fourth-order valence-corrected chi connectivity index (χ4v) is 1.62. The summed E-state index contributed by atoms with van der Waals surface area (Å²) in [5.74, 6) is 0.587. The number of rotatable bonds is 4. The van der Waals surface area contributed by atoms with E-state index in [1.54, 1.807) is 6.07 Å². The van der Waals surface area contributed by atoms with E-state index < -0.39 is 4.92 Å². The van der Waals surface area contributed by atoms with E-state index in [1.165, 1.54) is 12.1 Å². The van der Waals surface area contributed by atoms with Crippen LogP contribution in [0.15, 0.2) is 22.6 Å². The van der Waals surface area contributed by atoms with Crippen LogP contribution >= 0.6 is 0 Å². The Kier molecular flexibility index (Phi) is 3.57. The molecule has 100 valence electrons. The molecule has 0 fully saturated rings. The van der Waals surface area contributed by atoms with Crippen molar-refractivity contribution in [3.63, 3.8) is 0 Å². The lowest BCUT2D eigenvalue weighted by Crippen LogP contribution is -2.08. The van der Waals surface area contributed by atoms with E-state index in [1.807, 2.05) is 13.8 Å². The van der Waals surface area contributed by atoms with Gasteiger partial charge in [-0.15, -0.1) is 10.2 Å². The van der Waals surface area contributed by atoms with Gasteiger partial charge in [-0.1, -0.05) is 13.0 Å². The quantitative estimate of drug-likeness (QED) is 0.669. The number of aryl methyl sites for hydroxylation is 1. The predicted molar refractivity (Wildman–Crippen MR) is 68.3 cm³/mol. The minimum atomic E-state index is -0.460. The van der Waals surface area contributed by atoms with Gasteiger partial charge in [-0.3, -0.25) is 10.1 Å². The monoisotopic (exact) mass is 262 g/mol. The van der Waals surface area contributed by atoms with Crippen LogP contribution in [0.1, 0.15) is 30.8 Å². The second-order valence-corrected chi connectivity index (χ2v) is 4.22. The van der Waals surface area contributed by atoms with Crippen LogP contribution in [0.4, 0.5) is 5.69 Å². The Bertz CT molecular complexity index is 609. The van der Waals surface area contributed by atoms with Crippen molar-refractivity contribution < 1.29 is 9.34 Å². The van der Waals surface area contributed by atoms with Gasteiger partial charge < -0.3 is 10.2 Å². The summed E-state index contributed by atoms with van der Waals surface area (Å²) in [4.78, 5) is 10.3. The Morgan fingerprint density at radius 1 is 1.47 bits per heavy atom. The van der Waals surface area contributed by atoms with Crippen LogP contribution in [-0.2, 0) is 0 Å². The first-order chi connectivity index (χ1) is 9.02. The van der Waals surface area contributed by atoms with Gasteiger partial charge in [0.15, 0.2) is 0 Å². The van der Waals surface area contributed by atoms with Crippen LogP contribution in [0.2, 0.25) is 0 Å². The molecule has 0 saturated carbocycles. The number of nitro groups is 1. The smallest absolute Gasteiger partial charge is 0.270 e. The Hall–Kier alpha value is -2.28. The topological polar surface area (TPSA) is 108 Å². The van der Waals surface area contributed by atoms with Crippen LogP contribution in [0, 0.1) is 17.0 Å². The zero-order chi connectivity index (χ0) is 14.0. The zero-order valence-electron chi connectivity index (χ0n) is 10.7. The highest BCUT2D eigenvalue weighted by molar-refractivity contribution is 5.62. The Morgan fingerprint density at radius 3 is 2.84 bits per heavy atom. The summed E-state index contributed by atoms with van der Waals surface area (Å²) in [6.07, 6.45) is 0.676. The summed E-state index contributed by atoms with van der Waals surface area (Å²) in [6.45, 7) is 3.73. The van der Waals surface area contributed by atoms with Crippen molar-refractivity contribution in [1.29, 1.82) is 0 Å². The number of nitrogens with zero attached hydrogens (tertiary/aromatic N) is 3. The lowest BCUT2D eigenvalue weighted by atomic mass is 10.1. The van der Waals surface area contributed by atoms with Crippen molar-refractivity contribution in [1.82, 2.24) is 10.2 Å². The molecule has 0 aliphatic heterocycles. The fraction of sp³-hybridized carbons (Fsp3) is 0.333. The molecule has 1 unspecified atom stereocenters. The fourth-order valence-electron chi connectivity index (χ4n) is 1.62. The number of aromatic nitrogens is 2. The van der Waals surface area contributed by atoms with Crippen LogP contribution in [0.25, 0.3) is 11.5 Å². The van der Waals surface area contributed by atoms with Crippen molar-refractivity contribution in [2.45, 2.75) is 26.3 Å². The van der Waals surface area contributed by atoms with Crippen molar-refractivity contribution in [3.05, 3.63) is 39.8 Å². The molecule has 0 amide bonds. The van der Waals surface area contributed by atoms with Gasteiger partial charge in [0.05, 0.1) is 11.0 Å². The lowest BCUT2D eigenvalue weighted by Gasteiger charge is -2.02.